The zero-order valence-electron chi connectivity index (χ0n) is 10.5. The Bertz CT molecular complexity index is 551. The topological polar surface area (TPSA) is 53.1 Å². The van der Waals surface area contributed by atoms with Crippen LogP contribution in [0.25, 0.3) is 5.69 Å². The van der Waals surface area contributed by atoms with E-state index < -0.39 is 0 Å². The van der Waals surface area contributed by atoms with Crippen molar-refractivity contribution in [2.75, 3.05) is 13.2 Å². The standard InChI is InChI=1S/C13H16ClN3O/c1-9-7-11(14)3-4-12(9)17-10(2)8-13(16-17)18-6-5-15/h3-4,7-8H,5-6,15H2,1-2H3. The molecule has 1 heterocycles. The van der Waals surface area contributed by atoms with Crippen molar-refractivity contribution in [3.63, 3.8) is 0 Å². The van der Waals surface area contributed by atoms with Crippen LogP contribution in [0.15, 0.2) is 24.3 Å². The first kappa shape index (κ1) is 12.9. The molecule has 1 aromatic carbocycles. The summed E-state index contributed by atoms with van der Waals surface area (Å²) in [5, 5.41) is 5.13. The van der Waals surface area contributed by atoms with Crippen molar-refractivity contribution < 1.29 is 4.74 Å². The van der Waals surface area contributed by atoms with E-state index in [1.165, 1.54) is 0 Å². The SMILES string of the molecule is Cc1cc(Cl)ccc1-n1nc(OCCN)cc1C. The van der Waals surface area contributed by atoms with Crippen molar-refractivity contribution in [2.45, 2.75) is 13.8 Å². The molecule has 4 nitrogen and oxygen atoms in total. The van der Waals surface area contributed by atoms with Gasteiger partial charge in [-0.2, -0.15) is 0 Å². The summed E-state index contributed by atoms with van der Waals surface area (Å²) in [5.41, 5.74) is 8.47. The van der Waals surface area contributed by atoms with E-state index in [2.05, 4.69) is 5.10 Å². The molecule has 0 aliphatic heterocycles. The fourth-order valence-electron chi connectivity index (χ4n) is 1.78. The fraction of sp³-hybridized carbons (Fsp3) is 0.308. The molecule has 1 aromatic heterocycles. The minimum atomic E-state index is 0.468. The second-order valence-electron chi connectivity index (χ2n) is 4.10. The molecular formula is C13H16ClN3O. The molecule has 0 atom stereocenters. The summed E-state index contributed by atoms with van der Waals surface area (Å²) in [6.45, 7) is 4.93. The van der Waals surface area contributed by atoms with Crippen LogP contribution < -0.4 is 10.5 Å². The molecule has 0 radical (unpaired) electrons. The monoisotopic (exact) mass is 265 g/mol. The lowest BCUT2D eigenvalue weighted by Gasteiger charge is -2.08. The molecule has 0 bridgehead atoms. The molecule has 0 aliphatic carbocycles. The Morgan fingerprint density at radius 1 is 1.33 bits per heavy atom. The van der Waals surface area contributed by atoms with E-state index in [0.717, 1.165) is 22.0 Å². The maximum atomic E-state index is 5.95. The highest BCUT2D eigenvalue weighted by Crippen LogP contribution is 2.22. The third-order valence-corrected chi connectivity index (χ3v) is 2.85. The van der Waals surface area contributed by atoms with Crippen molar-refractivity contribution in [3.05, 3.63) is 40.5 Å². The Balaban J connectivity index is 2.35. The number of rotatable bonds is 4. The summed E-state index contributed by atoms with van der Waals surface area (Å²) in [7, 11) is 0. The fourth-order valence-corrected chi connectivity index (χ4v) is 2.01. The number of aryl methyl sites for hydroxylation is 2. The van der Waals surface area contributed by atoms with E-state index in [1.54, 1.807) is 0 Å². The highest BCUT2D eigenvalue weighted by atomic mass is 35.5. The smallest absolute Gasteiger partial charge is 0.233 e. The molecule has 0 saturated carbocycles. The van der Waals surface area contributed by atoms with Gasteiger partial charge in [0.15, 0.2) is 0 Å². The van der Waals surface area contributed by atoms with Crippen molar-refractivity contribution in [2.24, 2.45) is 5.73 Å². The number of nitrogens with two attached hydrogens (primary N) is 1. The van der Waals surface area contributed by atoms with Gasteiger partial charge in [-0.15, -0.1) is 5.10 Å². The van der Waals surface area contributed by atoms with Crippen LogP contribution in [-0.2, 0) is 0 Å². The van der Waals surface area contributed by atoms with Crippen LogP contribution >= 0.6 is 11.6 Å². The predicted molar refractivity (Wildman–Crippen MR) is 72.6 cm³/mol. The van der Waals surface area contributed by atoms with Gasteiger partial charge in [0.2, 0.25) is 5.88 Å². The molecule has 0 fully saturated rings. The van der Waals surface area contributed by atoms with Crippen molar-refractivity contribution >= 4 is 11.6 Å². The molecule has 96 valence electrons. The van der Waals surface area contributed by atoms with Gasteiger partial charge >= 0.3 is 0 Å². The minimum absolute atomic E-state index is 0.468. The van der Waals surface area contributed by atoms with Gasteiger partial charge in [-0.3, -0.25) is 0 Å². The Morgan fingerprint density at radius 2 is 2.11 bits per heavy atom. The summed E-state index contributed by atoms with van der Waals surface area (Å²) >= 11 is 5.95. The quantitative estimate of drug-likeness (QED) is 0.924. The first-order valence-electron chi connectivity index (χ1n) is 5.78. The molecule has 0 unspecified atom stereocenters. The van der Waals surface area contributed by atoms with Crippen molar-refractivity contribution in [3.8, 4) is 11.6 Å². The zero-order valence-corrected chi connectivity index (χ0v) is 11.2. The highest BCUT2D eigenvalue weighted by Gasteiger charge is 2.09. The van der Waals surface area contributed by atoms with E-state index in [0.29, 0.717) is 19.0 Å². The Kier molecular flexibility index (Phi) is 3.89. The molecule has 2 aromatic rings. The van der Waals surface area contributed by atoms with Crippen LogP contribution in [0, 0.1) is 13.8 Å². The normalized spacial score (nSPS) is 10.7. The third-order valence-electron chi connectivity index (χ3n) is 2.62. The van der Waals surface area contributed by atoms with Gasteiger partial charge in [-0.25, -0.2) is 4.68 Å². The van der Waals surface area contributed by atoms with Crippen LogP contribution in [0.4, 0.5) is 0 Å². The largest absolute Gasteiger partial charge is 0.475 e. The van der Waals surface area contributed by atoms with E-state index >= 15 is 0 Å². The molecule has 2 rings (SSSR count). The van der Waals surface area contributed by atoms with Gasteiger partial charge in [0.05, 0.1) is 5.69 Å². The second-order valence-corrected chi connectivity index (χ2v) is 4.54. The van der Waals surface area contributed by atoms with Gasteiger partial charge in [0.1, 0.15) is 6.61 Å². The molecule has 0 spiro atoms. The van der Waals surface area contributed by atoms with Crippen LogP contribution in [0.2, 0.25) is 5.02 Å². The zero-order chi connectivity index (χ0) is 13.1. The lowest BCUT2D eigenvalue weighted by atomic mass is 10.2. The molecule has 5 heteroatoms. The highest BCUT2D eigenvalue weighted by molar-refractivity contribution is 6.30. The predicted octanol–water partition coefficient (Wildman–Crippen LogP) is 2.48. The Morgan fingerprint density at radius 3 is 2.78 bits per heavy atom. The van der Waals surface area contributed by atoms with Crippen molar-refractivity contribution in [1.29, 1.82) is 0 Å². The second kappa shape index (κ2) is 5.42. The summed E-state index contributed by atoms with van der Waals surface area (Å²) in [4.78, 5) is 0. The van der Waals surface area contributed by atoms with E-state index in [4.69, 9.17) is 22.1 Å². The first-order valence-corrected chi connectivity index (χ1v) is 6.15. The van der Waals surface area contributed by atoms with Gasteiger partial charge in [0.25, 0.3) is 0 Å². The Labute approximate surface area is 111 Å². The van der Waals surface area contributed by atoms with Crippen LogP contribution in [0.1, 0.15) is 11.3 Å². The van der Waals surface area contributed by atoms with Crippen molar-refractivity contribution in [1.82, 2.24) is 9.78 Å². The molecule has 18 heavy (non-hydrogen) atoms. The third kappa shape index (κ3) is 2.66. The average Bonchev–Trinajstić information content (AvgIpc) is 2.68. The summed E-state index contributed by atoms with van der Waals surface area (Å²) in [6.07, 6.45) is 0. The maximum Gasteiger partial charge on any atom is 0.233 e. The molecule has 0 aliphatic rings. The number of aromatic nitrogens is 2. The number of halogens is 1. The summed E-state index contributed by atoms with van der Waals surface area (Å²) in [6, 6.07) is 7.61. The average molecular weight is 266 g/mol. The molecule has 2 N–H and O–H groups in total. The van der Waals surface area contributed by atoms with E-state index in [-0.39, 0.29) is 0 Å². The number of benzene rings is 1. The van der Waals surface area contributed by atoms with Gasteiger partial charge in [-0.05, 0) is 37.6 Å². The van der Waals surface area contributed by atoms with Gasteiger partial charge < -0.3 is 10.5 Å². The Hall–Kier alpha value is -1.52. The van der Waals surface area contributed by atoms with Gasteiger partial charge in [0, 0.05) is 23.3 Å². The maximum absolute atomic E-state index is 5.95. The first-order chi connectivity index (χ1) is 8.61. The van der Waals surface area contributed by atoms with Gasteiger partial charge in [-0.1, -0.05) is 11.6 Å². The number of ether oxygens (including phenoxy) is 1. The van der Waals surface area contributed by atoms with E-state index in [1.807, 2.05) is 42.8 Å². The molecule has 0 amide bonds. The lowest BCUT2D eigenvalue weighted by molar-refractivity contribution is 0.313. The molecular weight excluding hydrogens is 250 g/mol. The van der Waals surface area contributed by atoms with Crippen LogP contribution in [0.5, 0.6) is 5.88 Å². The summed E-state index contributed by atoms with van der Waals surface area (Å²) in [5.74, 6) is 0.590. The van der Waals surface area contributed by atoms with Crippen LogP contribution in [0.3, 0.4) is 0 Å². The number of hydrogen-bond donors (Lipinski definition) is 1. The van der Waals surface area contributed by atoms with E-state index in [9.17, 15) is 0 Å². The molecule has 0 saturated heterocycles. The lowest BCUT2D eigenvalue weighted by Crippen LogP contribution is -2.11. The number of hydrogen-bond acceptors (Lipinski definition) is 3. The summed E-state index contributed by atoms with van der Waals surface area (Å²) < 4.78 is 7.26. The number of nitrogens with zero attached hydrogens (tertiary/aromatic N) is 2. The minimum Gasteiger partial charge on any atom is -0.475 e. The van der Waals surface area contributed by atoms with Crippen LogP contribution in [-0.4, -0.2) is 22.9 Å².